The predicted molar refractivity (Wildman–Crippen MR) is 75.5 cm³/mol. The number of H-pyrrole nitrogens is 1. The van der Waals surface area contributed by atoms with Crippen LogP contribution in [0, 0.1) is 5.41 Å². The Hall–Kier alpha value is -1.43. The van der Waals surface area contributed by atoms with Gasteiger partial charge in [-0.1, -0.05) is 13.8 Å². The number of aromatic amines is 1. The summed E-state index contributed by atoms with van der Waals surface area (Å²) in [5.74, 6) is 1.42. The Morgan fingerprint density at radius 3 is 2.95 bits per heavy atom. The van der Waals surface area contributed by atoms with E-state index in [0.29, 0.717) is 18.5 Å². The number of carbonyl (C=O) groups is 1. The Morgan fingerprint density at radius 2 is 2.25 bits per heavy atom. The lowest BCUT2D eigenvalue weighted by Gasteiger charge is -2.39. The van der Waals surface area contributed by atoms with Gasteiger partial charge in [-0.3, -0.25) is 9.89 Å². The maximum atomic E-state index is 12.1. The third-order valence-corrected chi connectivity index (χ3v) is 4.47. The summed E-state index contributed by atoms with van der Waals surface area (Å²) >= 11 is 0. The van der Waals surface area contributed by atoms with Crippen LogP contribution < -0.4 is 10.6 Å². The van der Waals surface area contributed by atoms with Crippen molar-refractivity contribution in [2.24, 2.45) is 5.41 Å². The first-order valence-electron chi connectivity index (χ1n) is 7.50. The van der Waals surface area contributed by atoms with E-state index >= 15 is 0 Å². The van der Waals surface area contributed by atoms with Gasteiger partial charge in [0.05, 0.1) is 0 Å². The second-order valence-electron chi connectivity index (χ2n) is 6.63. The summed E-state index contributed by atoms with van der Waals surface area (Å²) in [4.78, 5) is 16.3. The van der Waals surface area contributed by atoms with Crippen LogP contribution in [0.15, 0.2) is 0 Å². The van der Waals surface area contributed by atoms with E-state index in [1.54, 1.807) is 0 Å². The van der Waals surface area contributed by atoms with E-state index in [1.165, 1.54) is 12.8 Å². The van der Waals surface area contributed by atoms with Gasteiger partial charge in [-0.15, -0.1) is 5.10 Å². The minimum atomic E-state index is -0.184. The van der Waals surface area contributed by atoms with E-state index in [4.69, 9.17) is 0 Å². The smallest absolute Gasteiger partial charge is 0.291 e. The monoisotopic (exact) mass is 277 g/mol. The average Bonchev–Trinajstić information content (AvgIpc) is 3.14. The van der Waals surface area contributed by atoms with Crippen LogP contribution in [0.3, 0.4) is 0 Å². The summed E-state index contributed by atoms with van der Waals surface area (Å²) in [5.41, 5.74) is 0.212. The van der Waals surface area contributed by atoms with Gasteiger partial charge in [0, 0.05) is 18.5 Å². The summed E-state index contributed by atoms with van der Waals surface area (Å²) in [6.45, 7) is 6.14. The first-order chi connectivity index (χ1) is 9.56. The van der Waals surface area contributed by atoms with Crippen LogP contribution in [0.5, 0.6) is 0 Å². The fourth-order valence-electron chi connectivity index (χ4n) is 2.81. The van der Waals surface area contributed by atoms with Crippen LogP contribution in [-0.2, 0) is 0 Å². The van der Waals surface area contributed by atoms with Crippen molar-refractivity contribution in [1.82, 2.24) is 25.8 Å². The fraction of sp³-hybridized carbons (Fsp3) is 0.786. The molecule has 110 valence electrons. The van der Waals surface area contributed by atoms with Gasteiger partial charge in [0.2, 0.25) is 5.82 Å². The molecule has 1 saturated carbocycles. The van der Waals surface area contributed by atoms with Crippen LogP contribution in [0.1, 0.15) is 61.9 Å². The summed E-state index contributed by atoms with van der Waals surface area (Å²) in [7, 11) is 0. The van der Waals surface area contributed by atoms with E-state index in [1.807, 2.05) is 0 Å². The summed E-state index contributed by atoms with van der Waals surface area (Å²) in [5, 5.41) is 13.3. The topological polar surface area (TPSA) is 82.7 Å². The molecule has 1 aliphatic heterocycles. The zero-order chi connectivity index (χ0) is 14.2. The molecule has 0 aromatic carbocycles. The van der Waals surface area contributed by atoms with Crippen LogP contribution in [0.25, 0.3) is 0 Å². The zero-order valence-corrected chi connectivity index (χ0v) is 12.2. The Bertz CT molecular complexity index is 492. The van der Waals surface area contributed by atoms with Gasteiger partial charge in [0.15, 0.2) is 0 Å². The van der Waals surface area contributed by atoms with Crippen molar-refractivity contribution in [3.05, 3.63) is 11.6 Å². The van der Waals surface area contributed by atoms with Gasteiger partial charge in [-0.05, 0) is 37.6 Å². The van der Waals surface area contributed by atoms with E-state index in [9.17, 15) is 4.79 Å². The lowest BCUT2D eigenvalue weighted by molar-refractivity contribution is 0.0919. The van der Waals surface area contributed by atoms with Gasteiger partial charge in [0.25, 0.3) is 5.91 Å². The van der Waals surface area contributed by atoms with Gasteiger partial charge in [0.1, 0.15) is 5.82 Å². The molecule has 6 nitrogen and oxygen atoms in total. The fourth-order valence-corrected chi connectivity index (χ4v) is 2.81. The molecule has 3 rings (SSSR count). The normalized spacial score (nSPS) is 25.4. The Morgan fingerprint density at radius 1 is 1.45 bits per heavy atom. The van der Waals surface area contributed by atoms with Gasteiger partial charge < -0.3 is 10.6 Å². The molecule has 1 saturated heterocycles. The zero-order valence-electron chi connectivity index (χ0n) is 12.2. The molecule has 1 aromatic heterocycles. The number of hydrogen-bond acceptors (Lipinski definition) is 4. The average molecular weight is 277 g/mol. The molecule has 0 bridgehead atoms. The number of amides is 1. The number of nitrogens with one attached hydrogen (secondary N) is 3. The first-order valence-corrected chi connectivity index (χ1v) is 7.50. The minimum absolute atomic E-state index is 0.184. The number of piperidine rings is 1. The lowest BCUT2D eigenvalue weighted by Crippen LogP contribution is -2.52. The van der Waals surface area contributed by atoms with E-state index in [-0.39, 0.29) is 17.1 Å². The molecule has 20 heavy (non-hydrogen) atoms. The SMILES string of the molecule is CC1(C)CCCNC1CNC(=O)c1n[nH]c(C2CC2)n1. The van der Waals surface area contributed by atoms with E-state index in [2.05, 4.69) is 39.7 Å². The molecular weight excluding hydrogens is 254 g/mol. The summed E-state index contributed by atoms with van der Waals surface area (Å²) in [6.07, 6.45) is 4.68. The number of hydrogen-bond donors (Lipinski definition) is 3. The maximum Gasteiger partial charge on any atom is 0.291 e. The molecule has 1 aromatic rings. The Kier molecular flexibility index (Phi) is 3.50. The molecule has 2 aliphatic rings. The molecule has 1 amide bonds. The van der Waals surface area contributed by atoms with E-state index < -0.39 is 0 Å². The second-order valence-corrected chi connectivity index (χ2v) is 6.63. The Balaban J connectivity index is 1.55. The molecule has 6 heteroatoms. The third kappa shape index (κ3) is 2.85. The molecular formula is C14H23N5O. The molecule has 1 aliphatic carbocycles. The standard InChI is InChI=1S/C14H23N5O/c1-14(2)6-3-7-15-10(14)8-16-13(20)12-17-11(18-19-12)9-4-5-9/h9-10,15H,3-8H2,1-2H3,(H,16,20)(H,17,18,19). The summed E-state index contributed by atoms with van der Waals surface area (Å²) in [6, 6.07) is 0.307. The van der Waals surface area contributed by atoms with Crippen molar-refractivity contribution in [1.29, 1.82) is 0 Å². The largest absolute Gasteiger partial charge is 0.348 e. The van der Waals surface area contributed by atoms with Gasteiger partial charge in [-0.2, -0.15) is 0 Å². The quantitative estimate of drug-likeness (QED) is 0.772. The Labute approximate surface area is 119 Å². The molecule has 2 heterocycles. The molecule has 1 unspecified atom stereocenters. The van der Waals surface area contributed by atoms with Gasteiger partial charge >= 0.3 is 0 Å². The molecule has 2 fully saturated rings. The highest BCUT2D eigenvalue weighted by atomic mass is 16.2. The highest BCUT2D eigenvalue weighted by Crippen LogP contribution is 2.37. The highest BCUT2D eigenvalue weighted by Gasteiger charge is 2.32. The third-order valence-electron chi connectivity index (χ3n) is 4.47. The molecule has 1 atom stereocenters. The number of rotatable bonds is 4. The predicted octanol–water partition coefficient (Wildman–Crippen LogP) is 1.19. The van der Waals surface area contributed by atoms with Crippen LogP contribution in [0.4, 0.5) is 0 Å². The number of carbonyl (C=O) groups excluding carboxylic acids is 1. The van der Waals surface area contributed by atoms with Crippen molar-refractivity contribution in [2.75, 3.05) is 13.1 Å². The van der Waals surface area contributed by atoms with Crippen molar-refractivity contribution >= 4 is 5.91 Å². The first kappa shape index (κ1) is 13.5. The summed E-state index contributed by atoms with van der Waals surface area (Å²) < 4.78 is 0. The van der Waals surface area contributed by atoms with Crippen molar-refractivity contribution in [2.45, 2.75) is 51.5 Å². The van der Waals surface area contributed by atoms with Crippen molar-refractivity contribution in [3.8, 4) is 0 Å². The minimum Gasteiger partial charge on any atom is -0.348 e. The maximum absolute atomic E-state index is 12.1. The van der Waals surface area contributed by atoms with Crippen LogP contribution >= 0.6 is 0 Å². The molecule has 0 radical (unpaired) electrons. The van der Waals surface area contributed by atoms with Gasteiger partial charge in [-0.25, -0.2) is 4.98 Å². The molecule has 0 spiro atoms. The van der Waals surface area contributed by atoms with Crippen LogP contribution in [-0.4, -0.2) is 40.2 Å². The number of nitrogens with zero attached hydrogens (tertiary/aromatic N) is 2. The molecule has 3 N–H and O–H groups in total. The second kappa shape index (κ2) is 5.16. The lowest BCUT2D eigenvalue weighted by atomic mass is 9.77. The number of aromatic nitrogens is 3. The van der Waals surface area contributed by atoms with E-state index in [0.717, 1.165) is 25.2 Å². The van der Waals surface area contributed by atoms with Crippen molar-refractivity contribution < 1.29 is 4.79 Å². The van der Waals surface area contributed by atoms with Crippen molar-refractivity contribution in [3.63, 3.8) is 0 Å². The van der Waals surface area contributed by atoms with Crippen LogP contribution in [0.2, 0.25) is 0 Å². The highest BCUT2D eigenvalue weighted by molar-refractivity contribution is 5.90.